The number of hydrogen-bond donors (Lipinski definition) is 1. The van der Waals surface area contributed by atoms with Crippen molar-refractivity contribution in [2.75, 3.05) is 36.1 Å². The zero-order valence-electron chi connectivity index (χ0n) is 24.9. The number of pyridine rings is 1. The van der Waals surface area contributed by atoms with E-state index in [0.29, 0.717) is 11.2 Å². The molecule has 3 aliphatic rings. The number of nitrogens with one attached hydrogen (secondary N) is 1. The zero-order valence-corrected chi connectivity index (χ0v) is 25.7. The van der Waals surface area contributed by atoms with Gasteiger partial charge in [-0.05, 0) is 124 Å². The van der Waals surface area contributed by atoms with Crippen molar-refractivity contribution in [1.29, 1.82) is 0 Å². The number of rotatable bonds is 7. The van der Waals surface area contributed by atoms with Crippen LogP contribution < -0.4 is 19.9 Å². The molecule has 1 aliphatic carbocycles. The van der Waals surface area contributed by atoms with Crippen LogP contribution in [0.4, 0.5) is 11.4 Å². The summed E-state index contributed by atoms with van der Waals surface area (Å²) in [4.78, 5) is 9.39. The van der Waals surface area contributed by atoms with Gasteiger partial charge >= 0.3 is 0 Å². The van der Waals surface area contributed by atoms with Crippen LogP contribution in [-0.4, -0.2) is 47.1 Å². The molecule has 43 heavy (non-hydrogen) atoms. The highest BCUT2D eigenvalue weighted by Gasteiger charge is 2.42. The van der Waals surface area contributed by atoms with Gasteiger partial charge in [-0.1, -0.05) is 6.07 Å². The lowest BCUT2D eigenvalue weighted by molar-refractivity contribution is 0.122. The first-order valence-corrected chi connectivity index (χ1v) is 15.9. The molecule has 8 heteroatoms. The van der Waals surface area contributed by atoms with Crippen molar-refractivity contribution >= 4 is 28.7 Å². The van der Waals surface area contributed by atoms with E-state index in [1.54, 1.807) is 0 Å². The van der Waals surface area contributed by atoms with Crippen molar-refractivity contribution in [1.82, 2.24) is 14.9 Å². The first-order valence-electron chi connectivity index (χ1n) is 15.5. The minimum atomic E-state index is -0.0965. The monoisotopic (exact) mass is 593 g/mol. The lowest BCUT2D eigenvalue weighted by Crippen LogP contribution is -2.36. The van der Waals surface area contributed by atoms with Gasteiger partial charge in [0.05, 0.1) is 37.1 Å². The summed E-state index contributed by atoms with van der Waals surface area (Å²) in [5.41, 5.74) is 8.01. The van der Waals surface area contributed by atoms with Crippen LogP contribution >= 0.6 is 12.2 Å². The summed E-state index contributed by atoms with van der Waals surface area (Å²) in [7, 11) is 0. The van der Waals surface area contributed by atoms with Gasteiger partial charge in [0.1, 0.15) is 5.75 Å². The maximum atomic E-state index is 6.27. The van der Waals surface area contributed by atoms with Gasteiger partial charge in [-0.3, -0.25) is 4.98 Å². The van der Waals surface area contributed by atoms with Crippen molar-refractivity contribution in [3.63, 3.8) is 0 Å². The van der Waals surface area contributed by atoms with E-state index in [-0.39, 0.29) is 12.1 Å². The van der Waals surface area contributed by atoms with Crippen LogP contribution in [0.2, 0.25) is 0 Å². The quantitative estimate of drug-likeness (QED) is 0.236. The van der Waals surface area contributed by atoms with Gasteiger partial charge in [-0.15, -0.1) is 0 Å². The van der Waals surface area contributed by atoms with Gasteiger partial charge in [0.15, 0.2) is 5.11 Å². The maximum absolute atomic E-state index is 6.27. The standard InChI is InChI=1S/C35H39N5O2S/c1-24-23-31(25(2)39(24)27-12-10-26(11-13-27)38-19-21-41-22-20-38)34-33(32-9-5-6-18-36-32)37-35(43)40(34)28-14-16-30(17-15-28)42-29-7-3-4-8-29/h5-6,9-18,23,29,33-34H,3-4,7-8,19-22H2,1-2H3,(H,37,43)/t33-,34-/m1/s1. The second kappa shape index (κ2) is 12.0. The Balaban J connectivity index is 1.24. The maximum Gasteiger partial charge on any atom is 0.174 e. The molecule has 4 heterocycles. The van der Waals surface area contributed by atoms with Crippen LogP contribution in [0.5, 0.6) is 5.75 Å². The number of thiocarbonyl (C=S) groups is 1. The highest BCUT2D eigenvalue weighted by Crippen LogP contribution is 2.44. The molecule has 2 atom stereocenters. The van der Waals surface area contributed by atoms with Crippen molar-refractivity contribution in [3.8, 4) is 11.4 Å². The average molecular weight is 594 g/mol. The molecule has 2 aromatic carbocycles. The Morgan fingerprint density at radius 2 is 1.58 bits per heavy atom. The Hall–Kier alpha value is -3.88. The van der Waals surface area contributed by atoms with Gasteiger partial charge < -0.3 is 29.2 Å². The number of anilines is 2. The molecular formula is C35H39N5O2S. The summed E-state index contributed by atoms with van der Waals surface area (Å²) < 4.78 is 14.2. The predicted octanol–water partition coefficient (Wildman–Crippen LogP) is 6.82. The smallest absolute Gasteiger partial charge is 0.174 e. The molecule has 2 aromatic heterocycles. The molecule has 1 N–H and O–H groups in total. The fraction of sp³-hybridized carbons (Fsp3) is 0.371. The Morgan fingerprint density at radius 3 is 2.28 bits per heavy atom. The van der Waals surface area contributed by atoms with Gasteiger partial charge in [0.2, 0.25) is 0 Å². The van der Waals surface area contributed by atoms with Crippen LogP contribution in [0.15, 0.2) is 79.0 Å². The summed E-state index contributed by atoms with van der Waals surface area (Å²) >= 11 is 6.01. The molecule has 0 radical (unpaired) electrons. The molecule has 7 nitrogen and oxygen atoms in total. The third kappa shape index (κ3) is 5.50. The lowest BCUT2D eigenvalue weighted by Gasteiger charge is -2.29. The van der Waals surface area contributed by atoms with Crippen molar-refractivity contribution < 1.29 is 9.47 Å². The van der Waals surface area contributed by atoms with Gasteiger partial charge in [0, 0.05) is 47.7 Å². The van der Waals surface area contributed by atoms with Crippen molar-refractivity contribution in [2.45, 2.75) is 57.7 Å². The molecule has 3 fully saturated rings. The minimum Gasteiger partial charge on any atom is -0.490 e. The third-order valence-electron chi connectivity index (χ3n) is 9.09. The number of aromatic nitrogens is 2. The third-order valence-corrected chi connectivity index (χ3v) is 9.41. The topological polar surface area (TPSA) is 54.8 Å². The second-order valence-electron chi connectivity index (χ2n) is 11.8. The molecule has 0 amide bonds. The molecule has 2 saturated heterocycles. The van der Waals surface area contributed by atoms with Crippen LogP contribution in [-0.2, 0) is 4.74 Å². The summed E-state index contributed by atoms with van der Waals surface area (Å²) in [6, 6.07) is 25.6. The summed E-state index contributed by atoms with van der Waals surface area (Å²) in [6.07, 6.45) is 6.97. The van der Waals surface area contributed by atoms with Gasteiger partial charge in [0.25, 0.3) is 0 Å². The van der Waals surface area contributed by atoms with Crippen molar-refractivity contribution in [2.24, 2.45) is 0 Å². The predicted molar refractivity (Wildman–Crippen MR) is 176 cm³/mol. The second-order valence-corrected chi connectivity index (χ2v) is 12.2. The Labute approximate surface area is 259 Å². The minimum absolute atomic E-state index is 0.0726. The van der Waals surface area contributed by atoms with Crippen LogP contribution in [0.1, 0.15) is 60.4 Å². The number of benzene rings is 2. The highest BCUT2D eigenvalue weighted by molar-refractivity contribution is 7.80. The largest absolute Gasteiger partial charge is 0.490 e. The molecule has 0 unspecified atom stereocenters. The highest BCUT2D eigenvalue weighted by atomic mass is 32.1. The Kier molecular flexibility index (Phi) is 7.80. The summed E-state index contributed by atoms with van der Waals surface area (Å²) in [6.45, 7) is 7.81. The lowest BCUT2D eigenvalue weighted by atomic mass is 9.96. The molecule has 1 saturated carbocycles. The Bertz CT molecular complexity index is 1560. The van der Waals surface area contributed by atoms with Crippen LogP contribution in [0.3, 0.4) is 0 Å². The molecular weight excluding hydrogens is 554 g/mol. The van der Waals surface area contributed by atoms with E-state index in [9.17, 15) is 0 Å². The fourth-order valence-corrected chi connectivity index (χ4v) is 7.30. The van der Waals surface area contributed by atoms with E-state index in [1.165, 1.54) is 35.5 Å². The number of morpholine rings is 1. The zero-order chi connectivity index (χ0) is 29.3. The molecule has 222 valence electrons. The van der Waals surface area contributed by atoms with E-state index in [0.717, 1.165) is 62.0 Å². The number of hydrogen-bond acceptors (Lipinski definition) is 5. The molecule has 4 aromatic rings. The van der Waals surface area contributed by atoms with Gasteiger partial charge in [-0.25, -0.2) is 0 Å². The Morgan fingerprint density at radius 1 is 0.884 bits per heavy atom. The van der Waals surface area contributed by atoms with Gasteiger partial charge in [-0.2, -0.15) is 0 Å². The average Bonchev–Trinajstić information content (AvgIpc) is 3.76. The van der Waals surface area contributed by atoms with E-state index < -0.39 is 0 Å². The fourth-order valence-electron chi connectivity index (χ4n) is 6.95. The van der Waals surface area contributed by atoms with E-state index in [1.807, 2.05) is 18.3 Å². The first kappa shape index (κ1) is 27.9. The van der Waals surface area contributed by atoms with E-state index >= 15 is 0 Å². The number of nitrogens with zero attached hydrogens (tertiary/aromatic N) is 4. The number of aryl methyl sites for hydroxylation is 1. The molecule has 0 bridgehead atoms. The van der Waals surface area contributed by atoms with Crippen molar-refractivity contribution in [3.05, 3.63) is 102 Å². The van der Waals surface area contributed by atoms with Crippen LogP contribution in [0, 0.1) is 13.8 Å². The van der Waals surface area contributed by atoms with E-state index in [2.05, 4.69) is 94.2 Å². The summed E-state index contributed by atoms with van der Waals surface area (Å²) in [5.74, 6) is 0.922. The molecule has 0 spiro atoms. The molecule has 2 aliphatic heterocycles. The van der Waals surface area contributed by atoms with Crippen LogP contribution in [0.25, 0.3) is 5.69 Å². The molecule has 7 rings (SSSR count). The first-order chi connectivity index (χ1) is 21.1. The summed E-state index contributed by atoms with van der Waals surface area (Å²) in [5, 5.41) is 4.32. The normalized spacial score (nSPS) is 20.9. The van der Waals surface area contributed by atoms with E-state index in [4.69, 9.17) is 26.7 Å². The SMILES string of the molecule is Cc1cc([C@@H]2[C@@H](c3ccccn3)NC(=S)N2c2ccc(OC3CCCC3)cc2)c(C)n1-c1ccc(N2CCOCC2)cc1. The number of ether oxygens (including phenoxy) is 2.